The largest absolute Gasteiger partial charge is 0.496 e. The molecule has 184 valence electrons. The lowest BCUT2D eigenvalue weighted by Crippen LogP contribution is -2.44. The number of aromatic nitrogens is 2. The van der Waals surface area contributed by atoms with Crippen molar-refractivity contribution in [1.29, 1.82) is 0 Å². The Morgan fingerprint density at radius 2 is 1.82 bits per heavy atom. The Hall–Kier alpha value is -3.30. The van der Waals surface area contributed by atoms with Crippen LogP contribution in [0.1, 0.15) is 70.5 Å². The van der Waals surface area contributed by atoms with Crippen LogP contribution in [0.25, 0.3) is 11.0 Å². The maximum atomic E-state index is 13.4. The molecule has 0 aliphatic carbocycles. The second-order valence-electron chi connectivity index (χ2n) is 9.91. The average molecular weight is 473 g/mol. The number of nitrogens with one attached hydrogen (secondary N) is 1. The van der Waals surface area contributed by atoms with Crippen LogP contribution in [0.4, 0.5) is 4.79 Å². The Morgan fingerprint density at radius 1 is 1.09 bits per heavy atom. The number of hydrogen-bond acceptors (Lipinski definition) is 6. The highest BCUT2D eigenvalue weighted by atomic mass is 16.6. The van der Waals surface area contributed by atoms with Crippen molar-refractivity contribution in [2.45, 2.75) is 70.6 Å². The zero-order valence-corrected chi connectivity index (χ0v) is 20.3. The van der Waals surface area contributed by atoms with E-state index in [1.54, 1.807) is 31.2 Å². The molecule has 1 N–H and O–H groups in total. The van der Waals surface area contributed by atoms with E-state index in [0.29, 0.717) is 29.7 Å². The second-order valence-corrected chi connectivity index (χ2v) is 9.91. The van der Waals surface area contributed by atoms with Crippen molar-refractivity contribution in [2.24, 2.45) is 7.05 Å². The Kier molecular flexibility index (Phi) is 6.18. The molecule has 3 heterocycles. The maximum absolute atomic E-state index is 13.4. The SMILES string of the molecule is COc1ccc2c(c1C1CCCCN1C(=O)OC(C)(C)C)n(C)c(=O)n2C1CCC(=O)NC1=O. The molecule has 1 aromatic carbocycles. The summed E-state index contributed by atoms with van der Waals surface area (Å²) in [4.78, 5) is 52.4. The number of fused-ring (bicyclic) bond motifs is 1. The smallest absolute Gasteiger partial charge is 0.410 e. The minimum Gasteiger partial charge on any atom is -0.496 e. The molecule has 3 amide bonds. The lowest BCUT2D eigenvalue weighted by atomic mass is 9.93. The molecule has 2 aliphatic heterocycles. The number of imidazole rings is 1. The number of carbonyl (C=O) groups is 3. The van der Waals surface area contributed by atoms with Crippen molar-refractivity contribution in [2.75, 3.05) is 13.7 Å². The predicted octanol–water partition coefficient (Wildman–Crippen LogP) is 2.79. The predicted molar refractivity (Wildman–Crippen MR) is 125 cm³/mol. The number of piperidine rings is 2. The third kappa shape index (κ3) is 4.17. The van der Waals surface area contributed by atoms with Crippen molar-refractivity contribution in [3.63, 3.8) is 0 Å². The number of aryl methyl sites for hydroxylation is 1. The van der Waals surface area contributed by atoms with Gasteiger partial charge in [-0.05, 0) is 58.6 Å². The maximum Gasteiger partial charge on any atom is 0.410 e. The molecule has 0 radical (unpaired) electrons. The Bertz CT molecular complexity index is 1200. The number of rotatable bonds is 3. The molecular formula is C24H32N4O6. The zero-order valence-electron chi connectivity index (χ0n) is 20.3. The summed E-state index contributed by atoms with van der Waals surface area (Å²) in [5, 5.41) is 2.33. The Labute approximate surface area is 197 Å². The molecule has 2 fully saturated rings. The van der Waals surface area contributed by atoms with Crippen LogP contribution in [0.15, 0.2) is 16.9 Å². The molecule has 0 saturated carbocycles. The lowest BCUT2D eigenvalue weighted by Gasteiger charge is -2.37. The van der Waals surface area contributed by atoms with E-state index in [4.69, 9.17) is 9.47 Å². The van der Waals surface area contributed by atoms with E-state index in [9.17, 15) is 19.2 Å². The number of benzene rings is 1. The van der Waals surface area contributed by atoms with Crippen molar-refractivity contribution < 1.29 is 23.9 Å². The van der Waals surface area contributed by atoms with E-state index < -0.39 is 23.6 Å². The van der Waals surface area contributed by atoms with Gasteiger partial charge in [-0.25, -0.2) is 9.59 Å². The van der Waals surface area contributed by atoms with Crippen molar-refractivity contribution in [3.05, 3.63) is 28.2 Å². The van der Waals surface area contributed by atoms with Crippen LogP contribution in [0.5, 0.6) is 5.75 Å². The van der Waals surface area contributed by atoms with Crippen LogP contribution in [0.2, 0.25) is 0 Å². The highest BCUT2D eigenvalue weighted by molar-refractivity contribution is 6.00. The van der Waals surface area contributed by atoms with Gasteiger partial charge >= 0.3 is 11.8 Å². The summed E-state index contributed by atoms with van der Waals surface area (Å²) >= 11 is 0. The summed E-state index contributed by atoms with van der Waals surface area (Å²) in [5.74, 6) is -0.271. The standard InChI is InChI=1S/C24H32N4O6/c1-24(2,3)34-23(32)27-13-7-6-8-14(27)19-17(33-5)11-9-15-20(19)26(4)22(31)28(15)16-10-12-18(29)25-21(16)30/h9,11,14,16H,6-8,10,12-13H2,1-5H3,(H,25,29,30). The normalized spacial score (nSPS) is 21.5. The molecule has 4 rings (SSSR count). The number of amides is 3. The number of likely N-dealkylation sites (tertiary alicyclic amines) is 1. The minimum atomic E-state index is -0.788. The van der Waals surface area contributed by atoms with Gasteiger partial charge in [0, 0.05) is 25.6 Å². The number of imide groups is 1. The van der Waals surface area contributed by atoms with Gasteiger partial charge in [0.05, 0.1) is 24.2 Å². The molecular weight excluding hydrogens is 440 g/mol. The van der Waals surface area contributed by atoms with Gasteiger partial charge in [0.1, 0.15) is 17.4 Å². The van der Waals surface area contributed by atoms with Crippen LogP contribution in [-0.2, 0) is 21.4 Å². The van der Waals surface area contributed by atoms with E-state index in [2.05, 4.69) is 5.32 Å². The van der Waals surface area contributed by atoms with Crippen LogP contribution < -0.4 is 15.7 Å². The summed E-state index contributed by atoms with van der Waals surface area (Å²) in [6.07, 6.45) is 2.45. The molecule has 34 heavy (non-hydrogen) atoms. The molecule has 2 unspecified atom stereocenters. The molecule has 2 aromatic rings. The lowest BCUT2D eigenvalue weighted by molar-refractivity contribution is -0.135. The van der Waals surface area contributed by atoms with Gasteiger partial charge in [0.25, 0.3) is 0 Å². The molecule has 2 saturated heterocycles. The first-order chi connectivity index (χ1) is 16.0. The number of nitrogens with zero attached hydrogens (tertiary/aromatic N) is 3. The van der Waals surface area contributed by atoms with Gasteiger partial charge in [-0.15, -0.1) is 0 Å². The summed E-state index contributed by atoms with van der Waals surface area (Å²) in [7, 11) is 3.21. The third-order valence-corrected chi connectivity index (χ3v) is 6.45. The van der Waals surface area contributed by atoms with Crippen LogP contribution >= 0.6 is 0 Å². The fraction of sp³-hybridized carbons (Fsp3) is 0.583. The molecule has 2 aliphatic rings. The van der Waals surface area contributed by atoms with Crippen LogP contribution in [0, 0.1) is 0 Å². The second kappa shape index (κ2) is 8.81. The Balaban J connectivity index is 1.88. The summed E-state index contributed by atoms with van der Waals surface area (Å²) in [6, 6.07) is 2.37. The fourth-order valence-corrected chi connectivity index (χ4v) is 4.99. The van der Waals surface area contributed by atoms with Crippen molar-refractivity contribution in [1.82, 2.24) is 19.4 Å². The van der Waals surface area contributed by atoms with E-state index >= 15 is 0 Å². The number of methoxy groups -OCH3 is 1. The highest BCUT2D eigenvalue weighted by Crippen LogP contribution is 2.41. The van der Waals surface area contributed by atoms with Crippen molar-refractivity contribution in [3.8, 4) is 5.75 Å². The Morgan fingerprint density at radius 3 is 2.47 bits per heavy atom. The quantitative estimate of drug-likeness (QED) is 0.688. The van der Waals surface area contributed by atoms with Gasteiger partial charge in [-0.2, -0.15) is 0 Å². The first-order valence-corrected chi connectivity index (χ1v) is 11.6. The third-order valence-electron chi connectivity index (χ3n) is 6.45. The van der Waals surface area contributed by atoms with Crippen LogP contribution in [-0.4, -0.2) is 51.2 Å². The summed E-state index contributed by atoms with van der Waals surface area (Å²) in [5.41, 5.74) is 0.883. The number of carbonyl (C=O) groups excluding carboxylic acids is 3. The van der Waals surface area contributed by atoms with Crippen molar-refractivity contribution >= 4 is 28.9 Å². The van der Waals surface area contributed by atoms with Gasteiger partial charge in [-0.1, -0.05) is 0 Å². The molecule has 0 bridgehead atoms. The molecule has 10 heteroatoms. The van der Waals surface area contributed by atoms with Gasteiger partial charge in [0.2, 0.25) is 11.8 Å². The topological polar surface area (TPSA) is 112 Å². The summed E-state index contributed by atoms with van der Waals surface area (Å²) in [6.45, 7) is 6.01. The van der Waals surface area contributed by atoms with E-state index in [1.165, 1.54) is 9.13 Å². The number of ether oxygens (including phenoxy) is 2. The van der Waals surface area contributed by atoms with Crippen LogP contribution in [0.3, 0.4) is 0 Å². The zero-order chi connectivity index (χ0) is 24.8. The van der Waals surface area contributed by atoms with Gasteiger partial charge in [-0.3, -0.25) is 24.0 Å². The van der Waals surface area contributed by atoms with E-state index in [0.717, 1.165) is 18.4 Å². The first kappa shape index (κ1) is 23.8. The summed E-state index contributed by atoms with van der Waals surface area (Å²) < 4.78 is 14.3. The van der Waals surface area contributed by atoms with E-state index in [1.807, 2.05) is 20.8 Å². The van der Waals surface area contributed by atoms with E-state index in [-0.39, 0.29) is 30.5 Å². The monoisotopic (exact) mass is 472 g/mol. The fourth-order valence-electron chi connectivity index (χ4n) is 4.99. The number of hydrogen-bond donors (Lipinski definition) is 1. The van der Waals surface area contributed by atoms with Gasteiger partial charge < -0.3 is 14.4 Å². The molecule has 10 nitrogen and oxygen atoms in total. The average Bonchev–Trinajstić information content (AvgIpc) is 3.02. The highest BCUT2D eigenvalue weighted by Gasteiger charge is 2.37. The molecule has 1 aromatic heterocycles. The first-order valence-electron chi connectivity index (χ1n) is 11.6. The molecule has 0 spiro atoms. The molecule has 2 atom stereocenters. The minimum absolute atomic E-state index is 0.164. The van der Waals surface area contributed by atoms with Gasteiger partial charge in [0.15, 0.2) is 0 Å².